The second kappa shape index (κ2) is 9.31. The maximum absolute atomic E-state index is 13.5. The van der Waals surface area contributed by atoms with Crippen molar-refractivity contribution in [3.05, 3.63) is 106 Å². The van der Waals surface area contributed by atoms with Gasteiger partial charge in [0.1, 0.15) is 17.3 Å². The molecule has 0 unspecified atom stereocenters. The zero-order valence-electron chi connectivity index (χ0n) is 18.7. The number of benzene rings is 3. The Hall–Kier alpha value is -3.53. The highest BCUT2D eigenvalue weighted by molar-refractivity contribution is 6.33. The molecule has 4 rings (SSSR count). The van der Waals surface area contributed by atoms with Crippen LogP contribution in [0.4, 0.5) is 10.1 Å². The quantitative estimate of drug-likeness (QED) is 0.408. The van der Waals surface area contributed by atoms with Gasteiger partial charge in [-0.05, 0) is 79.3 Å². The largest absolute Gasteiger partial charge is 0.282 e. The van der Waals surface area contributed by atoms with E-state index in [-0.39, 0.29) is 11.7 Å². The van der Waals surface area contributed by atoms with Crippen molar-refractivity contribution in [1.29, 1.82) is 0 Å². The molecule has 0 saturated carbocycles. The molecule has 162 valence electrons. The van der Waals surface area contributed by atoms with E-state index in [4.69, 9.17) is 4.99 Å². The molecule has 0 atom stereocenters. The monoisotopic (exact) mass is 426 g/mol. The van der Waals surface area contributed by atoms with Gasteiger partial charge in [-0.3, -0.25) is 9.69 Å². The number of carbonyl (C=O) groups excluding carboxylic acids is 1. The fourth-order valence-corrected chi connectivity index (χ4v) is 3.95. The second-order valence-electron chi connectivity index (χ2n) is 8.30. The number of unbranched alkanes of at least 4 members (excludes halogenated alkanes) is 1. The molecule has 0 radical (unpaired) electrons. The molecular weight excluding hydrogens is 399 g/mol. The van der Waals surface area contributed by atoms with Crippen LogP contribution in [0.5, 0.6) is 0 Å². The Bertz CT molecular complexity index is 1170. The van der Waals surface area contributed by atoms with Crippen molar-refractivity contribution in [2.75, 3.05) is 4.90 Å². The van der Waals surface area contributed by atoms with Gasteiger partial charge in [0.05, 0.1) is 5.69 Å². The van der Waals surface area contributed by atoms with Crippen LogP contribution in [-0.4, -0.2) is 11.7 Å². The molecule has 1 aliphatic rings. The molecule has 0 saturated heterocycles. The summed E-state index contributed by atoms with van der Waals surface area (Å²) < 4.78 is 13.3. The Labute approximate surface area is 188 Å². The van der Waals surface area contributed by atoms with Gasteiger partial charge in [-0.1, -0.05) is 55.8 Å². The normalized spacial score (nSPS) is 14.9. The maximum atomic E-state index is 13.5. The SMILES string of the molecule is CCCCc1ccc(C2=NC(=Cc3ccc(F)cc3)C(=O)N2c2cc(C)cc(C)c2)cc1. The van der Waals surface area contributed by atoms with Crippen LogP contribution in [0.3, 0.4) is 0 Å². The molecule has 1 aliphatic heterocycles. The minimum atomic E-state index is -0.311. The lowest BCUT2D eigenvalue weighted by atomic mass is 10.0. The predicted molar refractivity (Wildman–Crippen MR) is 129 cm³/mol. The molecular formula is C28H27FN2O. The first kappa shape index (κ1) is 21.7. The molecule has 1 amide bonds. The number of rotatable bonds is 6. The average Bonchev–Trinajstić information content (AvgIpc) is 3.09. The van der Waals surface area contributed by atoms with Gasteiger partial charge < -0.3 is 0 Å². The van der Waals surface area contributed by atoms with Gasteiger partial charge in [-0.15, -0.1) is 0 Å². The zero-order chi connectivity index (χ0) is 22.7. The van der Waals surface area contributed by atoms with E-state index >= 15 is 0 Å². The van der Waals surface area contributed by atoms with Gasteiger partial charge in [-0.25, -0.2) is 9.38 Å². The molecule has 0 spiro atoms. The predicted octanol–water partition coefficient (Wildman–Crippen LogP) is 6.62. The molecule has 4 heteroatoms. The lowest BCUT2D eigenvalue weighted by Crippen LogP contribution is -2.32. The molecule has 1 heterocycles. The number of anilines is 1. The van der Waals surface area contributed by atoms with Gasteiger partial charge in [0, 0.05) is 5.56 Å². The van der Waals surface area contributed by atoms with Gasteiger partial charge in [0.25, 0.3) is 5.91 Å². The van der Waals surface area contributed by atoms with E-state index in [2.05, 4.69) is 25.1 Å². The van der Waals surface area contributed by atoms with E-state index < -0.39 is 0 Å². The van der Waals surface area contributed by atoms with E-state index in [9.17, 15) is 9.18 Å². The number of carbonyl (C=O) groups is 1. The van der Waals surface area contributed by atoms with Crippen LogP contribution in [-0.2, 0) is 11.2 Å². The average molecular weight is 427 g/mol. The summed E-state index contributed by atoms with van der Waals surface area (Å²) in [5.41, 5.74) is 6.19. The number of aryl methyl sites for hydroxylation is 3. The fourth-order valence-electron chi connectivity index (χ4n) is 3.95. The van der Waals surface area contributed by atoms with Gasteiger partial charge in [0.15, 0.2) is 0 Å². The van der Waals surface area contributed by atoms with E-state index in [1.165, 1.54) is 17.7 Å². The molecule has 0 N–H and O–H groups in total. The molecule has 0 fully saturated rings. The first-order valence-electron chi connectivity index (χ1n) is 11.0. The number of amides is 1. The third-order valence-corrected chi connectivity index (χ3v) is 5.53. The van der Waals surface area contributed by atoms with E-state index in [0.717, 1.165) is 47.2 Å². The van der Waals surface area contributed by atoms with Crippen molar-refractivity contribution in [3.8, 4) is 0 Å². The third kappa shape index (κ3) is 4.70. The van der Waals surface area contributed by atoms with Crippen molar-refractivity contribution in [2.24, 2.45) is 4.99 Å². The molecule has 3 aromatic rings. The van der Waals surface area contributed by atoms with E-state index in [1.54, 1.807) is 23.1 Å². The summed E-state index contributed by atoms with van der Waals surface area (Å²) in [6.07, 6.45) is 5.05. The Morgan fingerprint density at radius 2 is 1.59 bits per heavy atom. The summed E-state index contributed by atoms with van der Waals surface area (Å²) in [7, 11) is 0. The van der Waals surface area contributed by atoms with Crippen LogP contribution in [0.1, 0.15) is 47.6 Å². The molecule has 3 aromatic carbocycles. The molecule has 0 aromatic heterocycles. The summed E-state index contributed by atoms with van der Waals surface area (Å²) in [6.45, 7) is 6.22. The first-order chi connectivity index (χ1) is 15.4. The van der Waals surface area contributed by atoms with Gasteiger partial charge in [0.2, 0.25) is 0 Å². The number of hydrogen-bond acceptors (Lipinski definition) is 2. The van der Waals surface area contributed by atoms with Gasteiger partial charge in [-0.2, -0.15) is 0 Å². The highest BCUT2D eigenvalue weighted by Crippen LogP contribution is 2.29. The van der Waals surface area contributed by atoms with Crippen LogP contribution in [0.15, 0.2) is 77.4 Å². The van der Waals surface area contributed by atoms with Crippen molar-refractivity contribution in [1.82, 2.24) is 0 Å². The molecule has 0 aliphatic carbocycles. The Morgan fingerprint density at radius 3 is 2.22 bits per heavy atom. The molecule has 0 bridgehead atoms. The van der Waals surface area contributed by atoms with Crippen LogP contribution >= 0.6 is 0 Å². The topological polar surface area (TPSA) is 32.7 Å². The summed E-state index contributed by atoms with van der Waals surface area (Å²) in [6, 6.07) is 20.4. The number of nitrogens with zero attached hydrogens (tertiary/aromatic N) is 2. The minimum Gasteiger partial charge on any atom is -0.266 e. The Morgan fingerprint density at radius 1 is 0.938 bits per heavy atom. The number of halogens is 1. The lowest BCUT2D eigenvalue weighted by Gasteiger charge is -2.20. The van der Waals surface area contributed by atoms with Crippen molar-refractivity contribution in [3.63, 3.8) is 0 Å². The van der Waals surface area contributed by atoms with Crippen LogP contribution < -0.4 is 4.90 Å². The Kier molecular flexibility index (Phi) is 6.31. The molecule has 32 heavy (non-hydrogen) atoms. The van der Waals surface area contributed by atoms with E-state index in [1.807, 2.05) is 38.1 Å². The fraction of sp³-hybridized carbons (Fsp3) is 0.214. The number of hydrogen-bond donors (Lipinski definition) is 0. The first-order valence-corrected chi connectivity index (χ1v) is 11.0. The maximum Gasteiger partial charge on any atom is 0.282 e. The standard InChI is InChI=1S/C28H27FN2O/c1-4-5-6-21-7-11-23(12-8-21)27-30-26(18-22-9-13-24(29)14-10-22)28(32)31(27)25-16-19(2)15-20(3)17-25/h7-18H,4-6H2,1-3H3. The van der Waals surface area contributed by atoms with E-state index in [0.29, 0.717) is 11.5 Å². The van der Waals surface area contributed by atoms with Crippen molar-refractivity contribution < 1.29 is 9.18 Å². The highest BCUT2D eigenvalue weighted by Gasteiger charge is 2.32. The molecule has 3 nitrogen and oxygen atoms in total. The number of amidine groups is 1. The summed E-state index contributed by atoms with van der Waals surface area (Å²) in [5, 5.41) is 0. The third-order valence-electron chi connectivity index (χ3n) is 5.53. The highest BCUT2D eigenvalue weighted by atomic mass is 19.1. The Balaban J connectivity index is 1.77. The van der Waals surface area contributed by atoms with Crippen molar-refractivity contribution >= 4 is 23.5 Å². The zero-order valence-corrected chi connectivity index (χ0v) is 18.7. The van der Waals surface area contributed by atoms with Crippen molar-refractivity contribution in [2.45, 2.75) is 40.0 Å². The van der Waals surface area contributed by atoms with Crippen LogP contribution in [0.2, 0.25) is 0 Å². The van der Waals surface area contributed by atoms with Crippen LogP contribution in [0, 0.1) is 19.7 Å². The van der Waals surface area contributed by atoms with Gasteiger partial charge >= 0.3 is 0 Å². The summed E-state index contributed by atoms with van der Waals surface area (Å²) in [5.74, 6) is 0.105. The van der Waals surface area contributed by atoms with Crippen LogP contribution in [0.25, 0.3) is 6.08 Å². The second-order valence-corrected chi connectivity index (χ2v) is 8.30. The smallest absolute Gasteiger partial charge is 0.266 e. The number of aliphatic imine (C=N–C) groups is 1. The minimum absolute atomic E-state index is 0.190. The summed E-state index contributed by atoms with van der Waals surface area (Å²) in [4.78, 5) is 19.9. The summed E-state index contributed by atoms with van der Waals surface area (Å²) >= 11 is 0. The lowest BCUT2D eigenvalue weighted by molar-refractivity contribution is -0.113.